The summed E-state index contributed by atoms with van der Waals surface area (Å²) in [7, 11) is 1.67. The zero-order valence-electron chi connectivity index (χ0n) is 18.4. The molecule has 0 spiro atoms. The normalized spacial score (nSPS) is 15.1. The molecule has 1 saturated heterocycles. The monoisotopic (exact) mass is 479 g/mol. The highest BCUT2D eigenvalue weighted by atomic mass is 32.1. The SMILES string of the molecule is COc1ccc(Cc2nnc(C3CCN(CC(=O)Nc4nc5ccccc5s4)CC3)s2)cc1. The first kappa shape index (κ1) is 21.9. The quantitative estimate of drug-likeness (QED) is 0.418. The summed E-state index contributed by atoms with van der Waals surface area (Å²) in [6, 6.07) is 16.0. The number of amides is 1. The molecule has 1 N–H and O–H groups in total. The topological polar surface area (TPSA) is 80.2 Å². The first-order valence-corrected chi connectivity index (χ1v) is 12.6. The third-order valence-electron chi connectivity index (χ3n) is 5.84. The smallest absolute Gasteiger partial charge is 0.240 e. The van der Waals surface area contributed by atoms with Crippen molar-refractivity contribution in [2.45, 2.75) is 25.2 Å². The number of piperidine rings is 1. The fourth-order valence-electron chi connectivity index (χ4n) is 4.05. The predicted molar refractivity (Wildman–Crippen MR) is 132 cm³/mol. The van der Waals surface area contributed by atoms with Gasteiger partial charge in [-0.25, -0.2) is 4.98 Å². The molecule has 1 fully saturated rings. The molecule has 0 unspecified atom stereocenters. The third kappa shape index (κ3) is 5.38. The fourth-order valence-corrected chi connectivity index (χ4v) is 5.97. The molecule has 0 radical (unpaired) electrons. The van der Waals surface area contributed by atoms with Gasteiger partial charge < -0.3 is 10.1 Å². The second-order valence-electron chi connectivity index (χ2n) is 8.14. The van der Waals surface area contributed by atoms with Crippen molar-refractivity contribution < 1.29 is 9.53 Å². The second-order valence-corrected chi connectivity index (χ2v) is 10.3. The number of benzene rings is 2. The van der Waals surface area contributed by atoms with Crippen LogP contribution in [0.2, 0.25) is 0 Å². The van der Waals surface area contributed by atoms with E-state index in [1.165, 1.54) is 16.9 Å². The fraction of sp³-hybridized carbons (Fsp3) is 0.333. The highest BCUT2D eigenvalue weighted by Gasteiger charge is 2.25. The molecule has 0 bridgehead atoms. The number of para-hydroxylation sites is 1. The molecular weight excluding hydrogens is 454 g/mol. The maximum Gasteiger partial charge on any atom is 0.240 e. The van der Waals surface area contributed by atoms with E-state index >= 15 is 0 Å². The van der Waals surface area contributed by atoms with Crippen LogP contribution >= 0.6 is 22.7 Å². The Labute approximate surface area is 200 Å². The molecule has 4 aromatic rings. The number of carbonyl (C=O) groups is 1. The van der Waals surface area contributed by atoms with E-state index in [0.717, 1.165) is 58.3 Å². The van der Waals surface area contributed by atoms with E-state index in [1.54, 1.807) is 18.4 Å². The van der Waals surface area contributed by atoms with Gasteiger partial charge in [-0.1, -0.05) is 35.6 Å². The number of carbonyl (C=O) groups excluding carboxylic acids is 1. The van der Waals surface area contributed by atoms with Crippen molar-refractivity contribution >= 4 is 43.9 Å². The Morgan fingerprint density at radius 1 is 1.09 bits per heavy atom. The highest BCUT2D eigenvalue weighted by molar-refractivity contribution is 7.22. The van der Waals surface area contributed by atoms with E-state index in [-0.39, 0.29) is 5.91 Å². The van der Waals surface area contributed by atoms with Crippen LogP contribution in [-0.4, -0.2) is 52.7 Å². The van der Waals surface area contributed by atoms with Gasteiger partial charge in [0.05, 0.1) is 23.9 Å². The molecule has 7 nitrogen and oxygen atoms in total. The Bertz CT molecular complexity index is 1200. The standard InChI is InChI=1S/C24H25N5O2S2/c1-31-18-8-6-16(7-9-18)14-22-27-28-23(33-22)17-10-12-29(13-11-17)15-21(30)26-24-25-19-4-2-3-5-20(19)32-24/h2-9,17H,10-15H2,1H3,(H,25,26,30). The molecule has 3 heterocycles. The summed E-state index contributed by atoms with van der Waals surface area (Å²) in [6.07, 6.45) is 2.77. The zero-order chi connectivity index (χ0) is 22.6. The van der Waals surface area contributed by atoms with Crippen molar-refractivity contribution in [2.75, 3.05) is 32.1 Å². The highest BCUT2D eigenvalue weighted by Crippen LogP contribution is 2.31. The molecule has 0 saturated carbocycles. The summed E-state index contributed by atoms with van der Waals surface area (Å²) < 4.78 is 6.30. The van der Waals surface area contributed by atoms with E-state index < -0.39 is 0 Å². The van der Waals surface area contributed by atoms with Gasteiger partial charge in [0.2, 0.25) is 5.91 Å². The Balaban J connectivity index is 1.10. The van der Waals surface area contributed by atoms with E-state index in [0.29, 0.717) is 17.6 Å². The van der Waals surface area contributed by atoms with Crippen LogP contribution in [-0.2, 0) is 11.2 Å². The predicted octanol–water partition coefficient (Wildman–Crippen LogP) is 4.57. The van der Waals surface area contributed by atoms with Crippen molar-refractivity contribution in [1.82, 2.24) is 20.1 Å². The van der Waals surface area contributed by atoms with Gasteiger partial charge in [0.15, 0.2) is 5.13 Å². The molecule has 2 aromatic heterocycles. The van der Waals surface area contributed by atoms with Crippen molar-refractivity contribution in [1.29, 1.82) is 0 Å². The van der Waals surface area contributed by atoms with Crippen LogP contribution in [0.5, 0.6) is 5.75 Å². The average Bonchev–Trinajstić information content (AvgIpc) is 3.46. The van der Waals surface area contributed by atoms with Crippen LogP contribution in [0.1, 0.15) is 34.3 Å². The van der Waals surface area contributed by atoms with Gasteiger partial charge in [0, 0.05) is 12.3 Å². The van der Waals surface area contributed by atoms with E-state index in [1.807, 2.05) is 36.4 Å². The Hall–Kier alpha value is -2.88. The number of ether oxygens (including phenoxy) is 1. The summed E-state index contributed by atoms with van der Waals surface area (Å²) in [6.45, 7) is 2.15. The first-order valence-electron chi connectivity index (χ1n) is 11.0. The van der Waals surface area contributed by atoms with Gasteiger partial charge in [-0.2, -0.15) is 0 Å². The molecule has 1 amide bonds. The molecule has 0 atom stereocenters. The van der Waals surface area contributed by atoms with E-state index in [9.17, 15) is 4.79 Å². The van der Waals surface area contributed by atoms with Crippen LogP contribution in [0.25, 0.3) is 10.2 Å². The van der Waals surface area contributed by atoms with Gasteiger partial charge in [0.25, 0.3) is 0 Å². The van der Waals surface area contributed by atoms with Gasteiger partial charge in [-0.15, -0.1) is 21.5 Å². The molecule has 33 heavy (non-hydrogen) atoms. The van der Waals surface area contributed by atoms with Crippen molar-refractivity contribution in [3.8, 4) is 5.75 Å². The van der Waals surface area contributed by atoms with E-state index in [2.05, 4.69) is 37.5 Å². The van der Waals surface area contributed by atoms with Gasteiger partial charge in [-0.05, 0) is 55.8 Å². The lowest BCUT2D eigenvalue weighted by Gasteiger charge is -2.30. The Morgan fingerprint density at radius 2 is 1.88 bits per heavy atom. The summed E-state index contributed by atoms with van der Waals surface area (Å²) in [5.41, 5.74) is 2.12. The van der Waals surface area contributed by atoms with Crippen LogP contribution in [0.3, 0.4) is 0 Å². The van der Waals surface area contributed by atoms with Crippen molar-refractivity contribution in [3.05, 3.63) is 64.1 Å². The second kappa shape index (κ2) is 9.94. The molecule has 9 heteroatoms. The molecule has 0 aliphatic carbocycles. The molecular formula is C24H25N5O2S2. The first-order chi connectivity index (χ1) is 16.2. The number of anilines is 1. The largest absolute Gasteiger partial charge is 0.497 e. The minimum absolute atomic E-state index is 0.00907. The number of thiazole rings is 1. The maximum atomic E-state index is 12.5. The minimum atomic E-state index is -0.00907. The lowest BCUT2D eigenvalue weighted by atomic mass is 9.98. The Kier molecular flexibility index (Phi) is 6.61. The van der Waals surface area contributed by atoms with Crippen LogP contribution in [0, 0.1) is 0 Å². The molecule has 2 aromatic carbocycles. The number of hydrogen-bond donors (Lipinski definition) is 1. The lowest BCUT2D eigenvalue weighted by Crippen LogP contribution is -2.38. The van der Waals surface area contributed by atoms with Crippen molar-refractivity contribution in [3.63, 3.8) is 0 Å². The number of methoxy groups -OCH3 is 1. The zero-order valence-corrected chi connectivity index (χ0v) is 20.0. The number of rotatable bonds is 7. The average molecular weight is 480 g/mol. The minimum Gasteiger partial charge on any atom is -0.497 e. The number of nitrogens with zero attached hydrogens (tertiary/aromatic N) is 4. The Morgan fingerprint density at radius 3 is 2.64 bits per heavy atom. The van der Waals surface area contributed by atoms with Crippen LogP contribution in [0.15, 0.2) is 48.5 Å². The molecule has 1 aliphatic heterocycles. The number of fused-ring (bicyclic) bond motifs is 1. The number of likely N-dealkylation sites (tertiary alicyclic amines) is 1. The maximum absolute atomic E-state index is 12.5. The number of nitrogens with one attached hydrogen (secondary N) is 1. The van der Waals surface area contributed by atoms with E-state index in [4.69, 9.17) is 4.74 Å². The molecule has 5 rings (SSSR count). The lowest BCUT2D eigenvalue weighted by molar-refractivity contribution is -0.117. The summed E-state index contributed by atoms with van der Waals surface area (Å²) in [5, 5.41) is 14.6. The van der Waals surface area contributed by atoms with Crippen molar-refractivity contribution in [2.24, 2.45) is 0 Å². The van der Waals surface area contributed by atoms with Gasteiger partial charge >= 0.3 is 0 Å². The number of aromatic nitrogens is 3. The van der Waals surface area contributed by atoms with Crippen LogP contribution < -0.4 is 10.1 Å². The summed E-state index contributed by atoms with van der Waals surface area (Å²) >= 11 is 3.21. The van der Waals surface area contributed by atoms with Gasteiger partial charge in [0.1, 0.15) is 15.8 Å². The van der Waals surface area contributed by atoms with Gasteiger partial charge in [-0.3, -0.25) is 9.69 Å². The molecule has 170 valence electrons. The molecule has 1 aliphatic rings. The third-order valence-corrected chi connectivity index (χ3v) is 7.88. The summed E-state index contributed by atoms with van der Waals surface area (Å²) in [4.78, 5) is 19.2. The number of hydrogen-bond acceptors (Lipinski definition) is 8. The van der Waals surface area contributed by atoms with Crippen LogP contribution in [0.4, 0.5) is 5.13 Å². The summed E-state index contributed by atoms with van der Waals surface area (Å²) in [5.74, 6) is 1.26.